The summed E-state index contributed by atoms with van der Waals surface area (Å²) in [6.45, 7) is 2.35. The van der Waals surface area contributed by atoms with Crippen molar-refractivity contribution in [2.45, 2.75) is 25.7 Å². The van der Waals surface area contributed by atoms with Crippen molar-refractivity contribution in [1.82, 2.24) is 0 Å². The van der Waals surface area contributed by atoms with Crippen LogP contribution in [0.25, 0.3) is 0 Å². The molecule has 1 heterocycles. The summed E-state index contributed by atoms with van der Waals surface area (Å²) in [5.74, 6) is 2.81. The second kappa shape index (κ2) is 4.20. The molecule has 2 fully saturated rings. The molecule has 1 aromatic rings. The predicted molar refractivity (Wildman–Crippen MR) is 80.2 cm³/mol. The highest BCUT2D eigenvalue weighted by Crippen LogP contribution is 2.54. The maximum Gasteiger partial charge on any atom is 0.0535 e. The highest BCUT2D eigenvalue weighted by atomic mass is 127. The van der Waals surface area contributed by atoms with Crippen LogP contribution >= 0.6 is 22.6 Å². The Kier molecular flexibility index (Phi) is 2.82. The van der Waals surface area contributed by atoms with Crippen molar-refractivity contribution in [1.29, 1.82) is 0 Å². The van der Waals surface area contributed by atoms with Crippen LogP contribution in [0.15, 0.2) is 18.2 Å². The Hall–Kier alpha value is -0.690. The van der Waals surface area contributed by atoms with Gasteiger partial charge in [-0.15, -0.1) is 6.42 Å². The fourth-order valence-corrected chi connectivity index (χ4v) is 3.26. The zero-order valence-corrected chi connectivity index (χ0v) is 12.0. The standard InChI is InChI=1S/C15H16IN/c1-2-12-3-4-13(16)11-14(12)17-9-7-15(5-6-15)8-10-17/h1,3-4,11H,5-10H2. The summed E-state index contributed by atoms with van der Waals surface area (Å²) < 4.78 is 1.27. The van der Waals surface area contributed by atoms with E-state index >= 15 is 0 Å². The average molecular weight is 337 g/mol. The van der Waals surface area contributed by atoms with Crippen molar-refractivity contribution in [2.24, 2.45) is 5.41 Å². The highest BCUT2D eigenvalue weighted by molar-refractivity contribution is 14.1. The second-order valence-corrected chi connectivity index (χ2v) is 6.54. The number of halogens is 1. The van der Waals surface area contributed by atoms with Gasteiger partial charge < -0.3 is 4.90 Å². The quantitative estimate of drug-likeness (QED) is 0.559. The van der Waals surface area contributed by atoms with E-state index in [1.807, 2.05) is 0 Å². The molecule has 1 aliphatic heterocycles. The Morgan fingerprint density at radius 1 is 1.18 bits per heavy atom. The molecule has 1 aromatic carbocycles. The predicted octanol–water partition coefficient (Wildman–Crippen LogP) is 3.65. The van der Waals surface area contributed by atoms with Crippen LogP contribution in [-0.2, 0) is 0 Å². The van der Waals surface area contributed by atoms with Gasteiger partial charge >= 0.3 is 0 Å². The molecular formula is C15H16IN. The zero-order chi connectivity index (χ0) is 11.9. The first kappa shape index (κ1) is 11.4. The van der Waals surface area contributed by atoms with Crippen LogP contribution in [-0.4, -0.2) is 13.1 Å². The largest absolute Gasteiger partial charge is 0.370 e. The Balaban J connectivity index is 1.84. The van der Waals surface area contributed by atoms with Gasteiger partial charge in [0.05, 0.1) is 5.69 Å². The topological polar surface area (TPSA) is 3.24 Å². The minimum Gasteiger partial charge on any atom is -0.370 e. The third-order valence-electron chi connectivity index (χ3n) is 4.24. The second-order valence-electron chi connectivity index (χ2n) is 5.29. The van der Waals surface area contributed by atoms with Crippen molar-refractivity contribution in [2.75, 3.05) is 18.0 Å². The number of benzene rings is 1. The van der Waals surface area contributed by atoms with Crippen molar-refractivity contribution in [3.05, 3.63) is 27.3 Å². The SMILES string of the molecule is C#Cc1ccc(I)cc1N1CCC2(CC1)CC2. The first-order valence-corrected chi connectivity index (χ1v) is 7.31. The van der Waals surface area contributed by atoms with Crippen molar-refractivity contribution >= 4 is 28.3 Å². The van der Waals surface area contributed by atoms with Gasteiger partial charge in [0.2, 0.25) is 0 Å². The molecule has 1 saturated heterocycles. The smallest absolute Gasteiger partial charge is 0.0535 e. The van der Waals surface area contributed by atoms with Crippen LogP contribution < -0.4 is 4.90 Å². The number of anilines is 1. The van der Waals surface area contributed by atoms with Crippen LogP contribution in [0.1, 0.15) is 31.2 Å². The van der Waals surface area contributed by atoms with Gasteiger partial charge in [-0.1, -0.05) is 5.92 Å². The molecule has 88 valence electrons. The van der Waals surface area contributed by atoms with Gasteiger partial charge in [0.1, 0.15) is 0 Å². The Morgan fingerprint density at radius 2 is 1.88 bits per heavy atom. The first-order valence-electron chi connectivity index (χ1n) is 6.24. The number of piperidine rings is 1. The highest BCUT2D eigenvalue weighted by Gasteiger charge is 2.44. The summed E-state index contributed by atoms with van der Waals surface area (Å²) in [5.41, 5.74) is 3.03. The summed E-state index contributed by atoms with van der Waals surface area (Å²) in [6.07, 6.45) is 11.2. The van der Waals surface area contributed by atoms with Crippen molar-refractivity contribution in [3.63, 3.8) is 0 Å². The van der Waals surface area contributed by atoms with Gasteiger partial charge in [0.25, 0.3) is 0 Å². The van der Waals surface area contributed by atoms with Gasteiger partial charge in [-0.05, 0) is 71.9 Å². The zero-order valence-electron chi connectivity index (χ0n) is 9.88. The molecule has 0 amide bonds. The molecule has 2 heteroatoms. The van der Waals surface area contributed by atoms with E-state index in [0.29, 0.717) is 0 Å². The summed E-state index contributed by atoms with van der Waals surface area (Å²) >= 11 is 2.36. The molecule has 2 aliphatic rings. The lowest BCUT2D eigenvalue weighted by Gasteiger charge is -2.34. The van der Waals surface area contributed by atoms with Crippen LogP contribution in [0.4, 0.5) is 5.69 Å². The third kappa shape index (κ3) is 2.18. The molecule has 1 nitrogen and oxygen atoms in total. The maximum atomic E-state index is 5.59. The van der Waals surface area contributed by atoms with Crippen LogP contribution in [0.5, 0.6) is 0 Å². The molecule has 0 radical (unpaired) electrons. The molecule has 0 N–H and O–H groups in total. The fraction of sp³-hybridized carbons (Fsp3) is 0.467. The Bertz CT molecular complexity index is 472. The molecule has 3 rings (SSSR count). The minimum absolute atomic E-state index is 0.731. The summed E-state index contributed by atoms with van der Waals surface area (Å²) in [7, 11) is 0. The van der Waals surface area contributed by atoms with E-state index in [1.165, 1.54) is 48.0 Å². The van der Waals surface area contributed by atoms with Crippen LogP contribution in [0, 0.1) is 21.3 Å². The van der Waals surface area contributed by atoms with Gasteiger partial charge in [-0.25, -0.2) is 0 Å². The number of hydrogen-bond donors (Lipinski definition) is 0. The first-order chi connectivity index (χ1) is 8.22. The van der Waals surface area contributed by atoms with Crippen LogP contribution in [0.3, 0.4) is 0 Å². The lowest BCUT2D eigenvalue weighted by atomic mass is 9.93. The van der Waals surface area contributed by atoms with Crippen molar-refractivity contribution < 1.29 is 0 Å². The lowest BCUT2D eigenvalue weighted by Crippen LogP contribution is -2.34. The van der Waals surface area contributed by atoms with Gasteiger partial charge in [0.15, 0.2) is 0 Å². The van der Waals surface area contributed by atoms with E-state index in [-0.39, 0.29) is 0 Å². The van der Waals surface area contributed by atoms with E-state index in [4.69, 9.17) is 6.42 Å². The van der Waals surface area contributed by atoms with E-state index in [0.717, 1.165) is 11.0 Å². The normalized spacial score (nSPS) is 21.3. The van der Waals surface area contributed by atoms with Gasteiger partial charge in [-0.2, -0.15) is 0 Å². The summed E-state index contributed by atoms with van der Waals surface area (Å²) in [6, 6.07) is 6.38. The van der Waals surface area contributed by atoms with Crippen molar-refractivity contribution in [3.8, 4) is 12.3 Å². The lowest BCUT2D eigenvalue weighted by molar-refractivity contribution is 0.384. The maximum absolute atomic E-state index is 5.59. The third-order valence-corrected chi connectivity index (χ3v) is 4.91. The average Bonchev–Trinajstić information content (AvgIpc) is 3.10. The number of terminal acetylenes is 1. The summed E-state index contributed by atoms with van der Waals surface area (Å²) in [5, 5.41) is 0. The molecule has 0 atom stereocenters. The van der Waals surface area contributed by atoms with E-state index in [2.05, 4.69) is 51.6 Å². The van der Waals surface area contributed by atoms with Gasteiger partial charge in [-0.3, -0.25) is 0 Å². The van der Waals surface area contributed by atoms with E-state index in [1.54, 1.807) is 0 Å². The minimum atomic E-state index is 0.731. The molecule has 1 spiro atoms. The number of hydrogen-bond acceptors (Lipinski definition) is 1. The van der Waals surface area contributed by atoms with E-state index < -0.39 is 0 Å². The molecule has 17 heavy (non-hydrogen) atoms. The Labute approximate surface area is 117 Å². The van der Waals surface area contributed by atoms with E-state index in [9.17, 15) is 0 Å². The molecule has 1 saturated carbocycles. The number of nitrogens with zero attached hydrogens (tertiary/aromatic N) is 1. The molecule has 0 unspecified atom stereocenters. The van der Waals surface area contributed by atoms with Crippen LogP contribution in [0.2, 0.25) is 0 Å². The molecule has 1 aliphatic carbocycles. The molecule has 0 bridgehead atoms. The monoisotopic (exact) mass is 337 g/mol. The molecule has 0 aromatic heterocycles. The van der Waals surface area contributed by atoms with Gasteiger partial charge in [0, 0.05) is 22.2 Å². The fourth-order valence-electron chi connectivity index (χ4n) is 2.79. The Morgan fingerprint density at radius 3 is 2.47 bits per heavy atom. The molecular weight excluding hydrogens is 321 g/mol. The number of rotatable bonds is 1. The summed E-state index contributed by atoms with van der Waals surface area (Å²) in [4.78, 5) is 2.47.